The lowest BCUT2D eigenvalue weighted by Gasteiger charge is -2.26. The van der Waals surface area contributed by atoms with Crippen molar-refractivity contribution in [2.45, 2.75) is 52.2 Å². The summed E-state index contributed by atoms with van der Waals surface area (Å²) in [7, 11) is 0. The number of aliphatic hydroxyl groups is 1. The van der Waals surface area contributed by atoms with Crippen LogP contribution in [-0.4, -0.2) is 23.4 Å². The zero-order chi connectivity index (χ0) is 9.41. The van der Waals surface area contributed by atoms with Crippen LogP contribution in [0.5, 0.6) is 0 Å². The summed E-state index contributed by atoms with van der Waals surface area (Å²) >= 11 is 0. The smallest absolute Gasteiger partial charge is 0.0656 e. The minimum absolute atomic E-state index is 0.0295. The summed E-state index contributed by atoms with van der Waals surface area (Å²) in [5.41, 5.74) is -0.0869. The van der Waals surface area contributed by atoms with Crippen LogP contribution in [0.15, 0.2) is 0 Å². The Labute approximate surface area is 74.9 Å². The monoisotopic (exact) mass is 172 g/mol. The van der Waals surface area contributed by atoms with Gasteiger partial charge < -0.3 is 9.84 Å². The third-order valence-corrected chi connectivity index (χ3v) is 2.80. The molecule has 0 saturated carbocycles. The fraction of sp³-hybridized carbons (Fsp3) is 1.00. The van der Waals surface area contributed by atoms with Gasteiger partial charge in [0.2, 0.25) is 0 Å². The minimum Gasteiger partial charge on any atom is -0.396 e. The van der Waals surface area contributed by atoms with Gasteiger partial charge in [-0.2, -0.15) is 0 Å². The molecule has 0 bridgehead atoms. The van der Waals surface area contributed by atoms with Gasteiger partial charge in [-0.15, -0.1) is 0 Å². The van der Waals surface area contributed by atoms with Gasteiger partial charge in [0.25, 0.3) is 0 Å². The summed E-state index contributed by atoms with van der Waals surface area (Å²) in [6, 6.07) is 0. The van der Waals surface area contributed by atoms with Crippen molar-refractivity contribution >= 4 is 0 Å². The Morgan fingerprint density at radius 3 is 2.33 bits per heavy atom. The molecule has 72 valence electrons. The van der Waals surface area contributed by atoms with Crippen LogP contribution in [0.1, 0.15) is 40.5 Å². The minimum atomic E-state index is -0.0574. The Bertz CT molecular complexity index is 165. The average Bonchev–Trinajstić information content (AvgIpc) is 2.22. The van der Waals surface area contributed by atoms with Crippen LogP contribution < -0.4 is 0 Å². The highest BCUT2D eigenvalue weighted by Gasteiger charge is 2.47. The van der Waals surface area contributed by atoms with Crippen LogP contribution in [0, 0.1) is 5.41 Å². The lowest BCUT2D eigenvalue weighted by atomic mass is 9.79. The van der Waals surface area contributed by atoms with Gasteiger partial charge in [0.1, 0.15) is 0 Å². The summed E-state index contributed by atoms with van der Waals surface area (Å²) in [6.07, 6.45) is 2.16. The number of hydrogen-bond donors (Lipinski definition) is 1. The van der Waals surface area contributed by atoms with E-state index in [2.05, 4.69) is 27.7 Å². The van der Waals surface area contributed by atoms with Crippen molar-refractivity contribution in [1.82, 2.24) is 0 Å². The van der Waals surface area contributed by atoms with Crippen molar-refractivity contribution in [3.63, 3.8) is 0 Å². The second-order valence-corrected chi connectivity index (χ2v) is 4.76. The van der Waals surface area contributed by atoms with E-state index in [1.807, 2.05) is 0 Å². The molecule has 0 spiro atoms. The maximum Gasteiger partial charge on any atom is 0.0656 e. The molecule has 2 heteroatoms. The molecule has 12 heavy (non-hydrogen) atoms. The molecule has 0 aromatic heterocycles. The molecule has 1 saturated heterocycles. The van der Waals surface area contributed by atoms with E-state index in [1.54, 1.807) is 0 Å². The maximum atomic E-state index is 9.28. The zero-order valence-corrected chi connectivity index (χ0v) is 8.55. The lowest BCUT2D eigenvalue weighted by molar-refractivity contribution is -0.0393. The van der Waals surface area contributed by atoms with E-state index in [1.165, 1.54) is 0 Å². The Hall–Kier alpha value is -0.0800. The highest BCUT2D eigenvalue weighted by atomic mass is 16.5. The molecule has 2 nitrogen and oxygen atoms in total. The summed E-state index contributed by atoms with van der Waals surface area (Å²) < 4.78 is 5.84. The van der Waals surface area contributed by atoms with Crippen molar-refractivity contribution in [3.05, 3.63) is 0 Å². The number of rotatable bonds is 2. The molecule has 0 aliphatic carbocycles. The Kier molecular flexibility index (Phi) is 2.50. The summed E-state index contributed by atoms with van der Waals surface area (Å²) in [6.45, 7) is 8.64. The molecule has 2 atom stereocenters. The van der Waals surface area contributed by atoms with Crippen molar-refractivity contribution in [2.24, 2.45) is 5.41 Å². The molecule has 1 heterocycles. The Morgan fingerprint density at radius 2 is 2.00 bits per heavy atom. The topological polar surface area (TPSA) is 29.5 Å². The van der Waals surface area contributed by atoms with E-state index in [9.17, 15) is 5.11 Å². The van der Waals surface area contributed by atoms with Gasteiger partial charge in [-0.3, -0.25) is 0 Å². The Morgan fingerprint density at radius 1 is 1.42 bits per heavy atom. The second-order valence-electron chi connectivity index (χ2n) is 4.76. The molecule has 0 aromatic rings. The predicted molar refractivity (Wildman–Crippen MR) is 49.1 cm³/mol. The van der Waals surface area contributed by atoms with Crippen molar-refractivity contribution in [2.75, 3.05) is 6.61 Å². The van der Waals surface area contributed by atoms with Gasteiger partial charge in [0.05, 0.1) is 18.3 Å². The largest absolute Gasteiger partial charge is 0.396 e. The third kappa shape index (κ3) is 1.64. The van der Waals surface area contributed by atoms with Crippen LogP contribution in [0.4, 0.5) is 0 Å². The number of ether oxygens (including phenoxy) is 1. The number of aliphatic hydroxyl groups excluding tert-OH is 1. The first-order chi connectivity index (χ1) is 5.43. The molecule has 1 fully saturated rings. The van der Waals surface area contributed by atoms with Gasteiger partial charge in [-0.1, -0.05) is 13.8 Å². The first kappa shape index (κ1) is 10.0. The zero-order valence-electron chi connectivity index (χ0n) is 8.55. The quantitative estimate of drug-likeness (QED) is 0.690. The van der Waals surface area contributed by atoms with Crippen LogP contribution in [0.25, 0.3) is 0 Å². The highest BCUT2D eigenvalue weighted by Crippen LogP contribution is 2.44. The molecule has 1 aliphatic heterocycles. The van der Waals surface area contributed by atoms with Crippen molar-refractivity contribution in [3.8, 4) is 0 Å². The number of hydrogen-bond acceptors (Lipinski definition) is 2. The third-order valence-electron chi connectivity index (χ3n) is 2.80. The van der Waals surface area contributed by atoms with Gasteiger partial charge in [0, 0.05) is 5.41 Å². The summed E-state index contributed by atoms with van der Waals surface area (Å²) in [5.74, 6) is 0. The fourth-order valence-corrected chi connectivity index (χ4v) is 2.39. The normalized spacial score (nSPS) is 40.2. The molecule has 1 rings (SSSR count). The molecular formula is C10H20O2. The van der Waals surface area contributed by atoms with E-state index in [0.29, 0.717) is 0 Å². The first-order valence-corrected chi connectivity index (χ1v) is 4.72. The molecule has 0 radical (unpaired) electrons. The van der Waals surface area contributed by atoms with Gasteiger partial charge in [-0.05, 0) is 26.7 Å². The lowest BCUT2D eigenvalue weighted by Crippen LogP contribution is -2.30. The van der Waals surface area contributed by atoms with Crippen LogP contribution in [0.2, 0.25) is 0 Å². The van der Waals surface area contributed by atoms with Crippen molar-refractivity contribution in [1.29, 1.82) is 0 Å². The van der Waals surface area contributed by atoms with Crippen LogP contribution in [0.3, 0.4) is 0 Å². The molecule has 0 aromatic carbocycles. The first-order valence-electron chi connectivity index (χ1n) is 4.72. The standard InChI is InChI=1S/C10H20O2/c1-5-8-10(4,7-11)6-9(2,3)12-8/h8,11H,5-7H2,1-4H3/t8-,10+/m1/s1. The van der Waals surface area contributed by atoms with Crippen LogP contribution in [-0.2, 0) is 4.74 Å². The molecule has 1 N–H and O–H groups in total. The van der Waals surface area contributed by atoms with E-state index >= 15 is 0 Å². The van der Waals surface area contributed by atoms with E-state index in [-0.39, 0.29) is 23.7 Å². The molecule has 1 aliphatic rings. The van der Waals surface area contributed by atoms with Gasteiger partial charge in [-0.25, -0.2) is 0 Å². The highest BCUT2D eigenvalue weighted by molar-refractivity contribution is 4.95. The molecule has 0 unspecified atom stereocenters. The molecular weight excluding hydrogens is 152 g/mol. The maximum absolute atomic E-state index is 9.28. The van der Waals surface area contributed by atoms with E-state index in [0.717, 1.165) is 12.8 Å². The van der Waals surface area contributed by atoms with Crippen molar-refractivity contribution < 1.29 is 9.84 Å². The summed E-state index contributed by atoms with van der Waals surface area (Å²) in [4.78, 5) is 0. The van der Waals surface area contributed by atoms with Gasteiger partial charge in [0.15, 0.2) is 0 Å². The fourth-order valence-electron chi connectivity index (χ4n) is 2.39. The van der Waals surface area contributed by atoms with Crippen LogP contribution >= 0.6 is 0 Å². The Balaban J connectivity index is 2.76. The molecule has 0 amide bonds. The van der Waals surface area contributed by atoms with E-state index in [4.69, 9.17) is 4.74 Å². The second kappa shape index (κ2) is 3.00. The predicted octanol–water partition coefficient (Wildman–Crippen LogP) is 1.96. The van der Waals surface area contributed by atoms with E-state index < -0.39 is 0 Å². The SMILES string of the molecule is CC[C@H]1OC(C)(C)C[C@@]1(C)CO. The average molecular weight is 172 g/mol. The van der Waals surface area contributed by atoms with Gasteiger partial charge >= 0.3 is 0 Å². The summed E-state index contributed by atoms with van der Waals surface area (Å²) in [5, 5.41) is 9.28.